The van der Waals surface area contributed by atoms with Crippen LogP contribution in [0.5, 0.6) is 0 Å². The Hall–Kier alpha value is -2.07. The van der Waals surface area contributed by atoms with Crippen molar-refractivity contribution in [3.63, 3.8) is 0 Å². The molecular formula is C47H88N4O14. The van der Waals surface area contributed by atoms with E-state index in [2.05, 4.69) is 15.1 Å². The van der Waals surface area contributed by atoms with Crippen LogP contribution in [0.1, 0.15) is 122 Å². The lowest BCUT2D eigenvalue weighted by atomic mass is 9.77. The van der Waals surface area contributed by atoms with Crippen LogP contribution in [0.3, 0.4) is 0 Å². The molecule has 6 N–H and O–H groups in total. The topological polar surface area (TPSA) is 230 Å². The van der Waals surface area contributed by atoms with Crippen molar-refractivity contribution in [1.29, 1.82) is 0 Å². The summed E-state index contributed by atoms with van der Waals surface area (Å²) in [5.41, 5.74) is 1.47. The highest BCUT2D eigenvalue weighted by atomic mass is 16.7. The van der Waals surface area contributed by atoms with Crippen molar-refractivity contribution in [1.82, 2.24) is 15.1 Å². The molecule has 0 aliphatic carbocycles. The van der Waals surface area contributed by atoms with Gasteiger partial charge in [0, 0.05) is 45.1 Å². The number of methoxy groups -OCH3 is 2. The van der Waals surface area contributed by atoms with Crippen LogP contribution in [0.2, 0.25) is 0 Å². The van der Waals surface area contributed by atoms with Crippen molar-refractivity contribution in [2.45, 2.75) is 212 Å². The van der Waals surface area contributed by atoms with Crippen LogP contribution < -0.4 is 11.1 Å². The first-order valence-corrected chi connectivity index (χ1v) is 24.0. The average Bonchev–Trinajstić information content (AvgIpc) is 3.26. The van der Waals surface area contributed by atoms with Crippen LogP contribution in [0.4, 0.5) is 0 Å². The standard InChI is InChI=1S/C47H88N4O14/c1-16-34-47(12,57)39(54)31(8)49-42(55)27(4)25-45(10,58-14)40(65-44-37(53)33(24-28(5)60-44)50(13)22-19-21-48)29(6)38(30(7)43(56)62-34)64-36-26-46(11,59-15)41(32(9)61-36)63-35(52)20-23-51(17-2)18-3/h27-34,36-41,44,53-54,57H,16-26,48H2,1-15H3,(H,49,55)/t27-,28-,29+,30-,31-,32+,33+,34-,36+,37-,38+,39-,40-,41+,44+,45-,46-,47-/m1/s1. The summed E-state index contributed by atoms with van der Waals surface area (Å²) in [5.74, 6) is -4.14. The minimum Gasteiger partial charge on any atom is -0.459 e. The molecule has 0 saturated carbocycles. The number of esters is 2. The summed E-state index contributed by atoms with van der Waals surface area (Å²) in [5, 5.41) is 38.1. The fourth-order valence-electron chi connectivity index (χ4n) is 10.0. The van der Waals surface area contributed by atoms with Gasteiger partial charge in [0.1, 0.15) is 29.5 Å². The highest BCUT2D eigenvalue weighted by Gasteiger charge is 2.54. The minimum absolute atomic E-state index is 0.0743. The van der Waals surface area contributed by atoms with Crippen molar-refractivity contribution in [2.24, 2.45) is 23.5 Å². The maximum atomic E-state index is 14.6. The van der Waals surface area contributed by atoms with Crippen molar-refractivity contribution in [3.8, 4) is 0 Å². The Kier molecular flexibility index (Phi) is 22.0. The van der Waals surface area contributed by atoms with Crippen LogP contribution in [0, 0.1) is 17.8 Å². The van der Waals surface area contributed by atoms with Gasteiger partial charge in [0.2, 0.25) is 5.91 Å². The molecule has 0 aromatic heterocycles. The maximum absolute atomic E-state index is 14.6. The number of likely N-dealkylation sites (N-methyl/N-ethyl adjacent to an activating group) is 1. The third-order valence-corrected chi connectivity index (χ3v) is 14.5. The Bertz CT molecular complexity index is 1490. The summed E-state index contributed by atoms with van der Waals surface area (Å²) >= 11 is 0. The third-order valence-electron chi connectivity index (χ3n) is 14.5. The minimum atomic E-state index is -1.98. The molecular weight excluding hydrogens is 845 g/mol. The number of nitrogens with zero attached hydrogens (tertiary/aromatic N) is 2. The van der Waals surface area contributed by atoms with Gasteiger partial charge >= 0.3 is 11.9 Å². The number of cyclic esters (lactones) is 1. The van der Waals surface area contributed by atoms with Gasteiger partial charge in [-0.2, -0.15) is 0 Å². The van der Waals surface area contributed by atoms with Gasteiger partial charge in [0.05, 0.1) is 48.4 Å². The van der Waals surface area contributed by atoms with E-state index in [4.69, 9.17) is 43.6 Å². The smallest absolute Gasteiger partial charge is 0.311 e. The van der Waals surface area contributed by atoms with Gasteiger partial charge in [0.15, 0.2) is 18.7 Å². The van der Waals surface area contributed by atoms with Gasteiger partial charge < -0.3 is 74.1 Å². The zero-order valence-electron chi connectivity index (χ0n) is 42.2. The molecule has 0 aromatic rings. The number of carbonyl (C=O) groups is 3. The van der Waals surface area contributed by atoms with Crippen LogP contribution in [-0.2, 0) is 52.3 Å². The van der Waals surface area contributed by atoms with E-state index < -0.39 is 108 Å². The van der Waals surface area contributed by atoms with Crippen molar-refractivity contribution < 1.29 is 67.6 Å². The van der Waals surface area contributed by atoms with E-state index in [1.165, 1.54) is 21.1 Å². The monoisotopic (exact) mass is 933 g/mol. The highest BCUT2D eigenvalue weighted by molar-refractivity contribution is 5.78. The van der Waals surface area contributed by atoms with Crippen LogP contribution >= 0.6 is 0 Å². The number of nitrogens with two attached hydrogens (primary N) is 1. The number of aliphatic hydroxyl groups is 3. The molecule has 3 aliphatic heterocycles. The molecule has 0 spiro atoms. The van der Waals surface area contributed by atoms with E-state index in [1.807, 2.05) is 41.7 Å². The Labute approximate surface area is 389 Å². The zero-order valence-corrected chi connectivity index (χ0v) is 42.2. The van der Waals surface area contributed by atoms with E-state index in [-0.39, 0.29) is 43.8 Å². The molecule has 3 aliphatic rings. The molecule has 0 aromatic carbocycles. The second kappa shape index (κ2) is 25.0. The molecule has 18 atom stereocenters. The number of hydrogen-bond donors (Lipinski definition) is 5. The maximum Gasteiger partial charge on any atom is 0.311 e. The third kappa shape index (κ3) is 14.3. The Balaban J connectivity index is 2.18. The second-order valence-corrected chi connectivity index (χ2v) is 19.6. The number of amides is 1. The van der Waals surface area contributed by atoms with E-state index in [0.29, 0.717) is 26.1 Å². The molecule has 1 amide bonds. The number of hydrogen-bond acceptors (Lipinski definition) is 17. The molecule has 3 saturated heterocycles. The molecule has 0 unspecified atom stereocenters. The molecule has 18 nitrogen and oxygen atoms in total. The van der Waals surface area contributed by atoms with E-state index in [9.17, 15) is 29.7 Å². The largest absolute Gasteiger partial charge is 0.459 e. The van der Waals surface area contributed by atoms with E-state index >= 15 is 0 Å². The van der Waals surface area contributed by atoms with Crippen molar-refractivity contribution >= 4 is 17.8 Å². The second-order valence-electron chi connectivity index (χ2n) is 19.6. The summed E-state index contributed by atoms with van der Waals surface area (Å²) in [6, 6.07) is -1.29. The molecule has 380 valence electrons. The number of nitrogens with one attached hydrogen (secondary N) is 1. The SMILES string of the molecule is CC[C@H]1OC(=O)[C@H](C)[C@@H](O[C@H]2C[C@@](C)(OC)[C@@H](OC(=O)CCN(CC)CC)[C@H](C)O2)[C@H](C)[C@@H](O[C@@H]2O[C@H](C)C[C@H](N(C)CCCN)[C@H]2O)[C@](C)(OC)C[C@@H](C)C(=O)N[C@H](C)[C@@H](O)[C@]1(C)O. The van der Waals surface area contributed by atoms with Gasteiger partial charge in [-0.05, 0) is 107 Å². The van der Waals surface area contributed by atoms with E-state index in [0.717, 1.165) is 19.5 Å². The Morgan fingerprint density at radius 3 is 2.09 bits per heavy atom. The molecule has 18 heteroatoms. The first kappa shape index (κ1) is 57.2. The number of ether oxygens (including phenoxy) is 8. The molecule has 3 rings (SSSR count). The van der Waals surface area contributed by atoms with Gasteiger partial charge in [-0.1, -0.05) is 34.6 Å². The van der Waals surface area contributed by atoms with Gasteiger partial charge in [-0.25, -0.2) is 0 Å². The van der Waals surface area contributed by atoms with E-state index in [1.54, 1.807) is 41.5 Å². The molecule has 3 fully saturated rings. The average molecular weight is 933 g/mol. The molecule has 3 heterocycles. The highest BCUT2D eigenvalue weighted by Crippen LogP contribution is 2.41. The normalized spacial score (nSPS) is 41.6. The van der Waals surface area contributed by atoms with Crippen LogP contribution in [0.15, 0.2) is 0 Å². The predicted octanol–water partition coefficient (Wildman–Crippen LogP) is 2.74. The summed E-state index contributed by atoms with van der Waals surface area (Å²) in [6.07, 6.45) is -8.24. The fraction of sp³-hybridized carbons (Fsp3) is 0.936. The Morgan fingerprint density at radius 1 is 0.908 bits per heavy atom. The summed E-state index contributed by atoms with van der Waals surface area (Å²) in [6.45, 7) is 24.6. The summed E-state index contributed by atoms with van der Waals surface area (Å²) in [7, 11) is 4.97. The molecule has 0 bridgehead atoms. The summed E-state index contributed by atoms with van der Waals surface area (Å²) in [4.78, 5) is 45.9. The lowest BCUT2D eigenvalue weighted by Gasteiger charge is -2.50. The quantitative estimate of drug-likeness (QED) is 0.132. The lowest BCUT2D eigenvalue weighted by Crippen LogP contribution is -2.61. The Morgan fingerprint density at radius 2 is 1.52 bits per heavy atom. The number of rotatable bonds is 17. The molecule has 65 heavy (non-hydrogen) atoms. The van der Waals surface area contributed by atoms with Gasteiger partial charge in [-0.3, -0.25) is 14.4 Å². The molecule has 0 radical (unpaired) electrons. The van der Waals surface area contributed by atoms with Gasteiger partial charge in [-0.15, -0.1) is 0 Å². The van der Waals surface area contributed by atoms with Gasteiger partial charge in [0.25, 0.3) is 0 Å². The predicted molar refractivity (Wildman–Crippen MR) is 243 cm³/mol. The number of aliphatic hydroxyl groups excluding tert-OH is 2. The lowest BCUT2D eigenvalue weighted by molar-refractivity contribution is -0.320. The number of carbonyl (C=O) groups excluding carboxylic acids is 3. The van der Waals surface area contributed by atoms with Crippen LogP contribution in [0.25, 0.3) is 0 Å². The summed E-state index contributed by atoms with van der Waals surface area (Å²) < 4.78 is 51.4. The first-order valence-electron chi connectivity index (χ1n) is 24.0. The first-order chi connectivity index (χ1) is 30.4. The van der Waals surface area contributed by atoms with Crippen LogP contribution in [-0.4, -0.2) is 187 Å². The fourth-order valence-corrected chi connectivity index (χ4v) is 10.0. The zero-order chi connectivity index (χ0) is 49.2. The van der Waals surface area contributed by atoms with Crippen molar-refractivity contribution in [2.75, 3.05) is 54.0 Å². The van der Waals surface area contributed by atoms with Crippen molar-refractivity contribution in [3.05, 3.63) is 0 Å².